The summed E-state index contributed by atoms with van der Waals surface area (Å²) >= 11 is 0. The molecule has 0 spiro atoms. The Balaban J connectivity index is 1.70. The molecule has 1 atom stereocenters. The Morgan fingerprint density at radius 1 is 1.17 bits per heavy atom. The summed E-state index contributed by atoms with van der Waals surface area (Å²) in [6.07, 6.45) is -2.64. The SMILES string of the molecule is COc1nccc(OC2CCCN(S(=O)(=O)c3ccc(OC(F)(F)F)cc3)C2)n1. The number of benzene rings is 1. The monoisotopic (exact) mass is 433 g/mol. The van der Waals surface area contributed by atoms with Crippen LogP contribution in [0.2, 0.25) is 0 Å². The minimum Gasteiger partial charge on any atom is -0.473 e. The largest absolute Gasteiger partial charge is 0.573 e. The van der Waals surface area contributed by atoms with Crippen molar-refractivity contribution < 1.29 is 35.8 Å². The Labute approximate surface area is 165 Å². The van der Waals surface area contributed by atoms with Crippen LogP contribution in [0.25, 0.3) is 0 Å². The van der Waals surface area contributed by atoms with Gasteiger partial charge in [-0.15, -0.1) is 13.2 Å². The van der Waals surface area contributed by atoms with Gasteiger partial charge in [0.05, 0.1) is 18.6 Å². The Bertz CT molecular complexity index is 938. The van der Waals surface area contributed by atoms with E-state index in [2.05, 4.69) is 14.7 Å². The van der Waals surface area contributed by atoms with Gasteiger partial charge in [-0.3, -0.25) is 0 Å². The molecule has 2 heterocycles. The number of methoxy groups -OCH3 is 1. The van der Waals surface area contributed by atoms with Gasteiger partial charge in [0.25, 0.3) is 0 Å². The Morgan fingerprint density at radius 3 is 2.55 bits per heavy atom. The number of sulfonamides is 1. The quantitative estimate of drug-likeness (QED) is 0.692. The Kier molecular flexibility index (Phi) is 6.13. The van der Waals surface area contributed by atoms with Gasteiger partial charge in [0.1, 0.15) is 11.9 Å². The first-order chi connectivity index (χ1) is 13.7. The molecule has 0 amide bonds. The maximum atomic E-state index is 12.8. The van der Waals surface area contributed by atoms with Gasteiger partial charge in [0.2, 0.25) is 15.9 Å². The molecule has 1 aliphatic heterocycles. The molecule has 0 saturated carbocycles. The first-order valence-electron chi connectivity index (χ1n) is 8.57. The molecule has 1 saturated heterocycles. The number of hydrogen-bond acceptors (Lipinski definition) is 7. The Hall–Kier alpha value is -2.60. The molecule has 1 fully saturated rings. The van der Waals surface area contributed by atoms with Crippen molar-refractivity contribution in [3.63, 3.8) is 0 Å². The van der Waals surface area contributed by atoms with Crippen molar-refractivity contribution in [3.8, 4) is 17.6 Å². The third kappa shape index (κ3) is 5.48. The van der Waals surface area contributed by atoms with E-state index in [1.54, 1.807) is 0 Å². The predicted molar refractivity (Wildman–Crippen MR) is 94.1 cm³/mol. The lowest BCUT2D eigenvalue weighted by molar-refractivity contribution is -0.274. The number of alkyl halides is 3. The van der Waals surface area contributed by atoms with Crippen LogP contribution in [0, 0.1) is 0 Å². The average molecular weight is 433 g/mol. The molecule has 1 aliphatic rings. The van der Waals surface area contributed by atoms with Crippen LogP contribution in [0.1, 0.15) is 12.8 Å². The summed E-state index contributed by atoms with van der Waals surface area (Å²) in [6.45, 7) is 0.353. The summed E-state index contributed by atoms with van der Waals surface area (Å²) in [5, 5.41) is 0. The third-order valence-corrected chi connectivity index (χ3v) is 5.99. The van der Waals surface area contributed by atoms with E-state index >= 15 is 0 Å². The van der Waals surface area contributed by atoms with Crippen molar-refractivity contribution >= 4 is 10.0 Å². The lowest BCUT2D eigenvalue weighted by atomic mass is 10.1. The molecule has 1 aromatic heterocycles. The van der Waals surface area contributed by atoms with Crippen LogP contribution in [0.3, 0.4) is 0 Å². The van der Waals surface area contributed by atoms with E-state index in [4.69, 9.17) is 9.47 Å². The number of piperidine rings is 1. The zero-order chi connectivity index (χ0) is 21.1. The molecular formula is C17H18F3N3O5S. The minimum absolute atomic E-state index is 0.0788. The molecule has 8 nitrogen and oxygen atoms in total. The van der Waals surface area contributed by atoms with Gasteiger partial charge in [-0.25, -0.2) is 13.4 Å². The van der Waals surface area contributed by atoms with Crippen molar-refractivity contribution in [1.29, 1.82) is 0 Å². The lowest BCUT2D eigenvalue weighted by Crippen LogP contribution is -2.44. The van der Waals surface area contributed by atoms with Crippen molar-refractivity contribution in [1.82, 2.24) is 14.3 Å². The van der Waals surface area contributed by atoms with Gasteiger partial charge in [-0.05, 0) is 37.1 Å². The molecule has 0 radical (unpaired) electrons. The lowest BCUT2D eigenvalue weighted by Gasteiger charge is -2.31. The smallest absolute Gasteiger partial charge is 0.473 e. The summed E-state index contributed by atoms with van der Waals surface area (Å²) in [5.41, 5.74) is 0. The first-order valence-corrected chi connectivity index (χ1v) is 10.0. The average Bonchev–Trinajstić information content (AvgIpc) is 2.67. The molecule has 29 heavy (non-hydrogen) atoms. The van der Waals surface area contributed by atoms with Gasteiger partial charge in [-0.2, -0.15) is 9.29 Å². The minimum atomic E-state index is -4.85. The number of halogens is 3. The predicted octanol–water partition coefficient (Wildman–Crippen LogP) is 2.62. The second-order valence-corrected chi connectivity index (χ2v) is 8.08. The van der Waals surface area contributed by atoms with Gasteiger partial charge in [-0.1, -0.05) is 0 Å². The van der Waals surface area contributed by atoms with Crippen LogP contribution in [0.4, 0.5) is 13.2 Å². The summed E-state index contributed by atoms with van der Waals surface area (Å²) in [4.78, 5) is 7.79. The van der Waals surface area contributed by atoms with E-state index in [-0.39, 0.29) is 29.9 Å². The molecule has 0 N–H and O–H groups in total. The van der Waals surface area contributed by atoms with Gasteiger partial charge in [0.15, 0.2) is 0 Å². The van der Waals surface area contributed by atoms with E-state index in [9.17, 15) is 21.6 Å². The molecule has 0 aliphatic carbocycles. The fourth-order valence-corrected chi connectivity index (χ4v) is 4.35. The van der Waals surface area contributed by atoms with Gasteiger partial charge < -0.3 is 14.2 Å². The fraction of sp³-hybridized carbons (Fsp3) is 0.412. The zero-order valence-corrected chi connectivity index (χ0v) is 16.1. The molecule has 158 valence electrons. The summed E-state index contributed by atoms with van der Waals surface area (Å²) in [6, 6.07) is 5.75. The number of ether oxygens (including phenoxy) is 3. The normalized spacial score (nSPS) is 18.3. The highest BCUT2D eigenvalue weighted by Gasteiger charge is 2.33. The maximum absolute atomic E-state index is 12.8. The zero-order valence-electron chi connectivity index (χ0n) is 15.3. The van der Waals surface area contributed by atoms with Crippen LogP contribution >= 0.6 is 0 Å². The van der Waals surface area contributed by atoms with Crippen LogP contribution in [0.15, 0.2) is 41.4 Å². The first kappa shape index (κ1) is 21.1. The van der Waals surface area contributed by atoms with Crippen LogP contribution in [-0.4, -0.2) is 55.4 Å². The third-order valence-electron chi connectivity index (χ3n) is 4.11. The number of rotatable bonds is 6. The summed E-state index contributed by atoms with van der Waals surface area (Å²) in [5.74, 6) is -0.233. The number of nitrogens with zero attached hydrogens (tertiary/aromatic N) is 3. The standard InChI is InChI=1S/C17H18F3N3O5S/c1-26-16-21-9-8-15(22-16)27-13-3-2-10-23(11-13)29(24,25)14-6-4-12(5-7-14)28-17(18,19)20/h4-9,13H,2-3,10-11H2,1H3. The van der Waals surface area contributed by atoms with Crippen LogP contribution in [-0.2, 0) is 10.0 Å². The number of hydrogen-bond donors (Lipinski definition) is 0. The Morgan fingerprint density at radius 2 is 1.90 bits per heavy atom. The van der Waals surface area contributed by atoms with Gasteiger partial charge >= 0.3 is 12.4 Å². The topological polar surface area (TPSA) is 90.9 Å². The van der Waals surface area contributed by atoms with Crippen LogP contribution in [0.5, 0.6) is 17.6 Å². The maximum Gasteiger partial charge on any atom is 0.573 e. The molecule has 1 unspecified atom stereocenters. The van der Waals surface area contributed by atoms with Crippen LogP contribution < -0.4 is 14.2 Å². The highest BCUT2D eigenvalue weighted by atomic mass is 32.2. The molecule has 0 bridgehead atoms. The molecule has 2 aromatic rings. The summed E-state index contributed by atoms with van der Waals surface area (Å²) in [7, 11) is -2.49. The van der Waals surface area contributed by atoms with Crippen molar-refractivity contribution in [3.05, 3.63) is 36.5 Å². The molecule has 1 aromatic carbocycles. The van der Waals surface area contributed by atoms with E-state index < -0.39 is 28.2 Å². The molecular weight excluding hydrogens is 415 g/mol. The van der Waals surface area contributed by atoms with Crippen molar-refractivity contribution in [2.24, 2.45) is 0 Å². The number of aromatic nitrogens is 2. The second kappa shape index (κ2) is 8.41. The van der Waals surface area contributed by atoms with E-state index in [0.717, 1.165) is 24.3 Å². The summed E-state index contributed by atoms with van der Waals surface area (Å²) < 4.78 is 78.1. The second-order valence-electron chi connectivity index (χ2n) is 6.15. The fourth-order valence-electron chi connectivity index (χ4n) is 2.84. The molecule has 3 rings (SSSR count). The van der Waals surface area contributed by atoms with E-state index in [0.29, 0.717) is 12.8 Å². The highest BCUT2D eigenvalue weighted by molar-refractivity contribution is 7.89. The van der Waals surface area contributed by atoms with Gasteiger partial charge in [0, 0.05) is 18.8 Å². The van der Waals surface area contributed by atoms with Crippen molar-refractivity contribution in [2.45, 2.75) is 30.2 Å². The van der Waals surface area contributed by atoms with E-state index in [1.807, 2.05) is 0 Å². The highest BCUT2D eigenvalue weighted by Crippen LogP contribution is 2.27. The van der Waals surface area contributed by atoms with E-state index in [1.165, 1.54) is 23.7 Å². The van der Waals surface area contributed by atoms with Crippen molar-refractivity contribution in [2.75, 3.05) is 20.2 Å². The molecule has 12 heteroatoms.